The summed E-state index contributed by atoms with van der Waals surface area (Å²) in [5.41, 5.74) is 3.48. The zero-order valence-corrected chi connectivity index (χ0v) is 17.9. The van der Waals surface area contributed by atoms with Crippen LogP contribution in [0.3, 0.4) is 0 Å². The Bertz CT molecular complexity index is 939. The number of nitrogens with one attached hydrogen (secondary N) is 1. The molecule has 0 aliphatic heterocycles. The van der Waals surface area contributed by atoms with E-state index in [4.69, 9.17) is 4.74 Å². The second-order valence-electron chi connectivity index (χ2n) is 6.86. The number of nitrogens with zero attached hydrogens (tertiary/aromatic N) is 5. The summed E-state index contributed by atoms with van der Waals surface area (Å²) < 4.78 is 7.98. The fourth-order valence-corrected chi connectivity index (χ4v) is 3.46. The first-order chi connectivity index (χ1) is 12.9. The lowest BCUT2D eigenvalue weighted by molar-refractivity contribution is 0.184. The second-order valence-corrected chi connectivity index (χ2v) is 7.72. The summed E-state index contributed by atoms with van der Waals surface area (Å²) >= 11 is 3.67. The molecule has 0 saturated carbocycles. The molecule has 0 fully saturated rings. The fourth-order valence-electron chi connectivity index (χ4n) is 2.90. The first kappa shape index (κ1) is 19.7. The molecule has 2 heterocycles. The van der Waals surface area contributed by atoms with Crippen molar-refractivity contribution in [2.75, 3.05) is 19.0 Å². The van der Waals surface area contributed by atoms with E-state index in [9.17, 15) is 0 Å². The molecule has 0 radical (unpaired) electrons. The van der Waals surface area contributed by atoms with Gasteiger partial charge in [0.1, 0.15) is 5.82 Å². The minimum atomic E-state index is 0.148. The molecule has 0 unspecified atom stereocenters. The van der Waals surface area contributed by atoms with E-state index in [1.54, 1.807) is 11.8 Å². The highest BCUT2D eigenvalue weighted by Crippen LogP contribution is 2.28. The molecule has 1 aromatic carbocycles. The Morgan fingerprint density at radius 3 is 2.67 bits per heavy atom. The van der Waals surface area contributed by atoms with Crippen LogP contribution in [-0.2, 0) is 4.74 Å². The smallest absolute Gasteiger partial charge is 0.189 e. The number of rotatable bonds is 7. The lowest BCUT2D eigenvalue weighted by Crippen LogP contribution is -2.25. The van der Waals surface area contributed by atoms with Crippen molar-refractivity contribution < 1.29 is 4.74 Å². The predicted molar refractivity (Wildman–Crippen MR) is 111 cm³/mol. The second kappa shape index (κ2) is 8.31. The summed E-state index contributed by atoms with van der Waals surface area (Å²) in [5, 5.41) is 12.1. The van der Waals surface area contributed by atoms with Gasteiger partial charge >= 0.3 is 0 Å². The third-order valence-corrected chi connectivity index (χ3v) is 5.12. The minimum Gasteiger partial charge on any atom is -0.383 e. The SMILES string of the molecule is CC[C@H](COC)Nc1nc(C)nc2c1nnn2-c1ccc(C(C)C)cc1Br. The van der Waals surface area contributed by atoms with Crippen molar-refractivity contribution >= 4 is 32.9 Å². The summed E-state index contributed by atoms with van der Waals surface area (Å²) in [6.07, 6.45) is 0.911. The van der Waals surface area contributed by atoms with Crippen LogP contribution in [0, 0.1) is 6.92 Å². The molecule has 2 aromatic heterocycles. The number of aryl methyl sites for hydroxylation is 1. The Morgan fingerprint density at radius 1 is 1.26 bits per heavy atom. The van der Waals surface area contributed by atoms with Crippen molar-refractivity contribution in [1.29, 1.82) is 0 Å². The number of hydrogen-bond donors (Lipinski definition) is 1. The number of methoxy groups -OCH3 is 1. The molecule has 27 heavy (non-hydrogen) atoms. The van der Waals surface area contributed by atoms with Gasteiger partial charge in [-0.1, -0.05) is 32.1 Å². The van der Waals surface area contributed by atoms with Crippen LogP contribution < -0.4 is 5.32 Å². The van der Waals surface area contributed by atoms with Gasteiger partial charge in [0, 0.05) is 11.6 Å². The van der Waals surface area contributed by atoms with Gasteiger partial charge in [0.2, 0.25) is 0 Å². The van der Waals surface area contributed by atoms with Crippen molar-refractivity contribution in [3.8, 4) is 5.69 Å². The van der Waals surface area contributed by atoms with Gasteiger partial charge < -0.3 is 10.1 Å². The zero-order valence-electron chi connectivity index (χ0n) is 16.3. The van der Waals surface area contributed by atoms with E-state index in [0.29, 0.717) is 35.3 Å². The number of benzene rings is 1. The highest BCUT2D eigenvalue weighted by Gasteiger charge is 2.18. The van der Waals surface area contributed by atoms with Crippen LogP contribution in [0.25, 0.3) is 16.9 Å². The summed E-state index contributed by atoms with van der Waals surface area (Å²) in [6.45, 7) is 8.91. The average Bonchev–Trinajstić information content (AvgIpc) is 3.04. The quantitative estimate of drug-likeness (QED) is 0.601. The van der Waals surface area contributed by atoms with Crippen LogP contribution in [0.15, 0.2) is 22.7 Å². The molecule has 1 atom stereocenters. The molecule has 3 aromatic rings. The van der Waals surface area contributed by atoms with Crippen molar-refractivity contribution in [2.24, 2.45) is 0 Å². The van der Waals surface area contributed by atoms with Crippen LogP contribution in [0.2, 0.25) is 0 Å². The zero-order chi connectivity index (χ0) is 19.6. The Kier molecular flexibility index (Phi) is 6.06. The molecule has 0 saturated heterocycles. The van der Waals surface area contributed by atoms with E-state index in [2.05, 4.69) is 74.4 Å². The monoisotopic (exact) mass is 432 g/mol. The van der Waals surface area contributed by atoms with Crippen molar-refractivity contribution in [3.05, 3.63) is 34.1 Å². The highest BCUT2D eigenvalue weighted by molar-refractivity contribution is 9.10. The van der Waals surface area contributed by atoms with Gasteiger partial charge in [-0.25, -0.2) is 9.97 Å². The molecular formula is C19H25BrN6O. The first-order valence-corrected chi connectivity index (χ1v) is 9.89. The Balaban J connectivity index is 2.07. The van der Waals surface area contributed by atoms with Gasteiger partial charge in [0.25, 0.3) is 0 Å². The van der Waals surface area contributed by atoms with E-state index in [0.717, 1.165) is 16.6 Å². The Labute approximate surface area is 167 Å². The lowest BCUT2D eigenvalue weighted by atomic mass is 10.0. The van der Waals surface area contributed by atoms with E-state index < -0.39 is 0 Å². The molecule has 3 rings (SSSR count). The molecule has 7 nitrogen and oxygen atoms in total. The third kappa shape index (κ3) is 4.11. The van der Waals surface area contributed by atoms with E-state index in [1.807, 2.05) is 13.0 Å². The standard InChI is InChI=1S/C19H25BrN6O/c1-6-14(10-27-5)23-18-17-19(22-12(4)21-18)26(25-24-17)16-8-7-13(11(2)3)9-15(16)20/h7-9,11,14H,6,10H2,1-5H3,(H,21,22,23)/t14-/m1/s1. The molecule has 0 amide bonds. The summed E-state index contributed by atoms with van der Waals surface area (Å²) in [4.78, 5) is 9.12. The van der Waals surface area contributed by atoms with Crippen molar-refractivity contribution in [2.45, 2.75) is 46.1 Å². The normalized spacial score (nSPS) is 12.7. The van der Waals surface area contributed by atoms with Crippen molar-refractivity contribution in [1.82, 2.24) is 25.0 Å². The average molecular weight is 433 g/mol. The molecule has 0 aliphatic rings. The van der Waals surface area contributed by atoms with E-state index >= 15 is 0 Å². The highest BCUT2D eigenvalue weighted by atomic mass is 79.9. The van der Waals surface area contributed by atoms with Crippen LogP contribution >= 0.6 is 15.9 Å². The van der Waals surface area contributed by atoms with Gasteiger partial charge in [0.15, 0.2) is 17.0 Å². The molecule has 0 bridgehead atoms. The maximum atomic E-state index is 5.28. The molecule has 144 valence electrons. The summed E-state index contributed by atoms with van der Waals surface area (Å²) in [5.74, 6) is 1.80. The van der Waals surface area contributed by atoms with Crippen LogP contribution in [0.4, 0.5) is 5.82 Å². The summed E-state index contributed by atoms with van der Waals surface area (Å²) in [7, 11) is 1.69. The molecular weight excluding hydrogens is 408 g/mol. The van der Waals surface area contributed by atoms with Crippen LogP contribution in [0.1, 0.15) is 44.5 Å². The van der Waals surface area contributed by atoms with E-state index in [1.165, 1.54) is 5.56 Å². The Morgan fingerprint density at radius 2 is 2.04 bits per heavy atom. The molecule has 0 spiro atoms. The first-order valence-electron chi connectivity index (χ1n) is 9.09. The number of anilines is 1. The van der Waals surface area contributed by atoms with Gasteiger partial charge in [-0.15, -0.1) is 5.10 Å². The number of hydrogen-bond acceptors (Lipinski definition) is 6. The number of fused-ring (bicyclic) bond motifs is 1. The van der Waals surface area contributed by atoms with Gasteiger partial charge in [0.05, 0.1) is 18.3 Å². The number of halogens is 1. The van der Waals surface area contributed by atoms with Crippen molar-refractivity contribution in [3.63, 3.8) is 0 Å². The van der Waals surface area contributed by atoms with E-state index in [-0.39, 0.29) is 6.04 Å². The third-order valence-electron chi connectivity index (χ3n) is 4.48. The topological polar surface area (TPSA) is 77.8 Å². The van der Waals surface area contributed by atoms with Crippen LogP contribution in [-0.4, -0.2) is 44.7 Å². The summed E-state index contributed by atoms with van der Waals surface area (Å²) in [6, 6.07) is 6.41. The van der Waals surface area contributed by atoms with Gasteiger partial charge in [-0.05, 0) is 52.9 Å². The molecule has 1 N–H and O–H groups in total. The molecule has 0 aliphatic carbocycles. The number of ether oxygens (including phenoxy) is 1. The number of aromatic nitrogens is 5. The van der Waals surface area contributed by atoms with Crippen LogP contribution in [0.5, 0.6) is 0 Å². The van der Waals surface area contributed by atoms with Gasteiger partial charge in [-0.3, -0.25) is 0 Å². The largest absolute Gasteiger partial charge is 0.383 e. The lowest BCUT2D eigenvalue weighted by Gasteiger charge is -2.16. The van der Waals surface area contributed by atoms with Gasteiger partial charge in [-0.2, -0.15) is 4.68 Å². The maximum Gasteiger partial charge on any atom is 0.189 e. The minimum absolute atomic E-state index is 0.148. The Hall–Kier alpha value is -2.06. The maximum absolute atomic E-state index is 5.28. The predicted octanol–water partition coefficient (Wildman–Crippen LogP) is 4.24. The molecule has 8 heteroatoms. The fraction of sp³-hybridized carbons (Fsp3) is 0.474.